The van der Waals surface area contributed by atoms with Crippen LogP contribution in [-0.2, 0) is 9.53 Å². The number of carbonyl (C=O) groups is 1. The summed E-state index contributed by atoms with van der Waals surface area (Å²) >= 11 is 1.69. The number of anilines is 2. The SMILES string of the molecule is C[C@H](N[C@H](c1ccccc1)c1cccs1)C(=O)Nc1ccc(N2CCOCC2)cc1. The molecule has 1 aliphatic rings. The maximum atomic E-state index is 12.8. The fourth-order valence-corrected chi connectivity index (χ4v) is 4.41. The molecule has 0 radical (unpaired) electrons. The Balaban J connectivity index is 1.40. The number of thiophene rings is 1. The summed E-state index contributed by atoms with van der Waals surface area (Å²) in [7, 11) is 0. The molecule has 0 aliphatic carbocycles. The van der Waals surface area contributed by atoms with Crippen LogP contribution in [0.25, 0.3) is 0 Å². The van der Waals surface area contributed by atoms with Crippen molar-refractivity contribution in [2.24, 2.45) is 0 Å². The average Bonchev–Trinajstić information content (AvgIpc) is 3.33. The van der Waals surface area contributed by atoms with Gasteiger partial charge in [0.05, 0.1) is 25.3 Å². The second-order valence-corrected chi connectivity index (χ2v) is 8.36. The summed E-state index contributed by atoms with van der Waals surface area (Å²) in [4.78, 5) is 16.3. The molecule has 30 heavy (non-hydrogen) atoms. The van der Waals surface area contributed by atoms with Crippen molar-refractivity contribution < 1.29 is 9.53 Å². The van der Waals surface area contributed by atoms with Crippen molar-refractivity contribution in [3.8, 4) is 0 Å². The van der Waals surface area contributed by atoms with Crippen molar-refractivity contribution >= 4 is 28.6 Å². The first-order chi connectivity index (χ1) is 14.7. The lowest BCUT2D eigenvalue weighted by molar-refractivity contribution is -0.117. The Morgan fingerprint density at radius 2 is 1.73 bits per heavy atom. The molecule has 2 atom stereocenters. The van der Waals surface area contributed by atoms with E-state index in [-0.39, 0.29) is 18.0 Å². The number of morpholine rings is 1. The Morgan fingerprint density at radius 3 is 2.40 bits per heavy atom. The zero-order chi connectivity index (χ0) is 20.8. The molecule has 1 aromatic heterocycles. The van der Waals surface area contributed by atoms with E-state index in [0.29, 0.717) is 0 Å². The molecule has 1 amide bonds. The van der Waals surface area contributed by atoms with Gasteiger partial charge in [-0.2, -0.15) is 0 Å². The summed E-state index contributed by atoms with van der Waals surface area (Å²) in [6.45, 7) is 5.22. The molecule has 1 fully saturated rings. The molecule has 2 heterocycles. The van der Waals surface area contributed by atoms with Crippen LogP contribution in [0.15, 0.2) is 72.1 Å². The maximum absolute atomic E-state index is 12.8. The van der Waals surface area contributed by atoms with Gasteiger partial charge in [-0.3, -0.25) is 10.1 Å². The van der Waals surface area contributed by atoms with Crippen molar-refractivity contribution in [2.75, 3.05) is 36.5 Å². The smallest absolute Gasteiger partial charge is 0.241 e. The van der Waals surface area contributed by atoms with E-state index in [9.17, 15) is 4.79 Å². The van der Waals surface area contributed by atoms with Crippen molar-refractivity contribution in [1.82, 2.24) is 5.32 Å². The summed E-state index contributed by atoms with van der Waals surface area (Å²) in [5.74, 6) is -0.0494. The first-order valence-electron chi connectivity index (χ1n) is 10.3. The highest BCUT2D eigenvalue weighted by atomic mass is 32.1. The van der Waals surface area contributed by atoms with Gasteiger partial charge < -0.3 is 15.0 Å². The lowest BCUT2D eigenvalue weighted by Gasteiger charge is -2.29. The van der Waals surface area contributed by atoms with E-state index in [1.54, 1.807) is 11.3 Å². The minimum absolute atomic E-state index is 0.0179. The number of rotatable bonds is 7. The molecule has 0 spiro atoms. The van der Waals surface area contributed by atoms with Gasteiger partial charge in [-0.25, -0.2) is 0 Å². The number of benzene rings is 2. The Bertz CT molecular complexity index is 923. The third-order valence-electron chi connectivity index (χ3n) is 5.28. The van der Waals surface area contributed by atoms with E-state index >= 15 is 0 Å². The van der Waals surface area contributed by atoms with E-state index in [1.165, 1.54) is 4.88 Å². The second kappa shape index (κ2) is 9.89. The van der Waals surface area contributed by atoms with Crippen molar-refractivity contribution in [2.45, 2.75) is 19.0 Å². The summed E-state index contributed by atoms with van der Waals surface area (Å²) in [6, 6.07) is 22.0. The summed E-state index contributed by atoms with van der Waals surface area (Å²) in [5.41, 5.74) is 3.11. The van der Waals surface area contributed by atoms with Crippen molar-refractivity contribution in [3.63, 3.8) is 0 Å². The first kappa shape index (κ1) is 20.6. The highest BCUT2D eigenvalue weighted by Crippen LogP contribution is 2.26. The van der Waals surface area contributed by atoms with Gasteiger partial charge in [-0.1, -0.05) is 36.4 Å². The van der Waals surface area contributed by atoms with E-state index in [2.05, 4.69) is 51.2 Å². The second-order valence-electron chi connectivity index (χ2n) is 7.38. The molecular weight excluding hydrogens is 394 g/mol. The summed E-state index contributed by atoms with van der Waals surface area (Å²) in [5, 5.41) is 8.59. The van der Waals surface area contributed by atoms with Gasteiger partial charge in [0.25, 0.3) is 0 Å². The number of carbonyl (C=O) groups excluding carboxylic acids is 1. The zero-order valence-electron chi connectivity index (χ0n) is 17.1. The van der Waals surface area contributed by atoms with Gasteiger partial charge in [0.1, 0.15) is 0 Å². The molecule has 4 rings (SSSR count). The molecule has 5 nitrogen and oxygen atoms in total. The Hall–Kier alpha value is -2.67. The number of nitrogens with one attached hydrogen (secondary N) is 2. The van der Waals surface area contributed by atoms with Crippen LogP contribution in [0.1, 0.15) is 23.4 Å². The zero-order valence-corrected chi connectivity index (χ0v) is 17.9. The number of hydrogen-bond donors (Lipinski definition) is 2. The molecule has 0 unspecified atom stereocenters. The number of ether oxygens (including phenoxy) is 1. The molecule has 2 aromatic carbocycles. The molecule has 3 aromatic rings. The van der Waals surface area contributed by atoms with Crippen LogP contribution >= 0.6 is 11.3 Å². The third-order valence-corrected chi connectivity index (χ3v) is 6.22. The monoisotopic (exact) mass is 421 g/mol. The predicted molar refractivity (Wildman–Crippen MR) is 123 cm³/mol. The molecule has 0 saturated carbocycles. The van der Waals surface area contributed by atoms with Gasteiger partial charge in [0, 0.05) is 29.3 Å². The van der Waals surface area contributed by atoms with E-state index in [4.69, 9.17) is 4.74 Å². The van der Waals surface area contributed by atoms with E-state index < -0.39 is 0 Å². The maximum Gasteiger partial charge on any atom is 0.241 e. The summed E-state index contributed by atoms with van der Waals surface area (Å²) in [6.07, 6.45) is 0. The van der Waals surface area contributed by atoms with Gasteiger partial charge in [0.15, 0.2) is 0 Å². The third kappa shape index (κ3) is 5.08. The normalized spacial score (nSPS) is 16.1. The van der Waals surface area contributed by atoms with Crippen LogP contribution in [0.5, 0.6) is 0 Å². The molecule has 0 bridgehead atoms. The quantitative estimate of drug-likeness (QED) is 0.598. The average molecular weight is 422 g/mol. The Labute approximate surface area is 181 Å². The lowest BCUT2D eigenvalue weighted by Crippen LogP contribution is -2.40. The van der Waals surface area contributed by atoms with Crippen LogP contribution < -0.4 is 15.5 Å². The fourth-order valence-electron chi connectivity index (χ4n) is 3.60. The van der Waals surface area contributed by atoms with Crippen LogP contribution in [0.3, 0.4) is 0 Å². The first-order valence-corrected chi connectivity index (χ1v) is 11.2. The van der Waals surface area contributed by atoms with Gasteiger partial charge in [0.2, 0.25) is 5.91 Å². The van der Waals surface area contributed by atoms with Gasteiger partial charge in [-0.15, -0.1) is 11.3 Å². The number of amides is 1. The van der Waals surface area contributed by atoms with E-state index in [0.717, 1.165) is 43.2 Å². The predicted octanol–water partition coefficient (Wildman–Crippen LogP) is 4.29. The molecule has 156 valence electrons. The highest BCUT2D eigenvalue weighted by molar-refractivity contribution is 7.10. The number of nitrogens with zero attached hydrogens (tertiary/aromatic N) is 1. The van der Waals surface area contributed by atoms with Crippen LogP contribution in [-0.4, -0.2) is 38.3 Å². The molecule has 1 aliphatic heterocycles. The Morgan fingerprint density at radius 1 is 1.00 bits per heavy atom. The summed E-state index contributed by atoms with van der Waals surface area (Å²) < 4.78 is 5.41. The standard InChI is InChI=1S/C24H27N3O2S/c1-18(25-23(22-8-5-17-30-22)19-6-3-2-4-7-19)24(28)26-20-9-11-21(12-10-20)27-13-15-29-16-14-27/h2-12,17-18,23,25H,13-16H2,1H3,(H,26,28)/t18-,23+/m0/s1. The largest absolute Gasteiger partial charge is 0.378 e. The van der Waals surface area contributed by atoms with Gasteiger partial charge >= 0.3 is 0 Å². The molecule has 1 saturated heterocycles. The minimum atomic E-state index is -0.351. The van der Waals surface area contributed by atoms with Crippen LogP contribution in [0.2, 0.25) is 0 Å². The fraction of sp³-hybridized carbons (Fsp3) is 0.292. The minimum Gasteiger partial charge on any atom is -0.378 e. The highest BCUT2D eigenvalue weighted by Gasteiger charge is 2.21. The van der Waals surface area contributed by atoms with Crippen LogP contribution in [0, 0.1) is 0 Å². The van der Waals surface area contributed by atoms with E-state index in [1.807, 2.05) is 43.3 Å². The molecule has 2 N–H and O–H groups in total. The van der Waals surface area contributed by atoms with Crippen LogP contribution in [0.4, 0.5) is 11.4 Å². The van der Waals surface area contributed by atoms with Gasteiger partial charge in [-0.05, 0) is 48.2 Å². The molecule has 6 heteroatoms. The van der Waals surface area contributed by atoms with Crippen molar-refractivity contribution in [3.05, 3.63) is 82.6 Å². The number of hydrogen-bond acceptors (Lipinski definition) is 5. The lowest BCUT2D eigenvalue weighted by atomic mass is 10.0. The topological polar surface area (TPSA) is 53.6 Å². The molecular formula is C24H27N3O2S. The Kier molecular flexibility index (Phi) is 6.79. The van der Waals surface area contributed by atoms with Crippen molar-refractivity contribution in [1.29, 1.82) is 0 Å².